The molecule has 1 N–H and O–H groups in total. The second-order valence-electron chi connectivity index (χ2n) is 10.5. The summed E-state index contributed by atoms with van der Waals surface area (Å²) in [7, 11) is 0. The van der Waals surface area contributed by atoms with Crippen molar-refractivity contribution in [1.29, 1.82) is 0 Å². The first-order valence-corrected chi connectivity index (χ1v) is 11.8. The number of carbonyl (C=O) groups is 1. The molecule has 30 heavy (non-hydrogen) atoms. The van der Waals surface area contributed by atoms with E-state index >= 15 is 0 Å². The summed E-state index contributed by atoms with van der Waals surface area (Å²) >= 11 is 0. The first kappa shape index (κ1) is 19.8. The highest BCUT2D eigenvalue weighted by molar-refractivity contribution is 6.00. The van der Waals surface area contributed by atoms with Crippen LogP contribution in [0, 0.1) is 33.3 Å². The Labute approximate surface area is 178 Å². The Bertz CT molecular complexity index is 811. The minimum Gasteiger partial charge on any atom is -0.371 e. The molecular weight excluding hydrogens is 378 g/mol. The number of non-ortho nitro benzene ring substituents is 1. The predicted octanol–water partition coefficient (Wildman–Crippen LogP) is 4.92. The number of nitro groups is 1. The van der Waals surface area contributed by atoms with Crippen molar-refractivity contribution in [2.24, 2.45) is 23.2 Å². The number of nitro benzene ring substituents is 1. The maximum absolute atomic E-state index is 13.4. The summed E-state index contributed by atoms with van der Waals surface area (Å²) in [4.78, 5) is 26.6. The highest BCUT2D eigenvalue weighted by atomic mass is 16.6. The second kappa shape index (κ2) is 7.54. The van der Waals surface area contributed by atoms with Gasteiger partial charge in [-0.25, -0.2) is 0 Å². The third-order valence-electron chi connectivity index (χ3n) is 8.48. The standard InChI is InChI=1S/C24H33N3O3/c1-16(24-13-17-9-18(14-24)11-19(10-17)15-24)25-23(28)21-12-20(27(29)30)5-6-22(21)26-7-3-2-4-8-26/h5-6,12,16-19H,2-4,7-11,13-15H2,1H3,(H,25,28). The number of hydrogen-bond donors (Lipinski definition) is 1. The highest BCUT2D eigenvalue weighted by Gasteiger charge is 2.53. The Kier molecular flexibility index (Phi) is 4.98. The van der Waals surface area contributed by atoms with E-state index in [1.807, 2.05) is 0 Å². The molecule has 0 spiro atoms. The van der Waals surface area contributed by atoms with Crippen LogP contribution in [0.4, 0.5) is 11.4 Å². The summed E-state index contributed by atoms with van der Waals surface area (Å²) in [6.45, 7) is 3.98. The molecule has 1 amide bonds. The zero-order valence-corrected chi connectivity index (χ0v) is 17.9. The number of carbonyl (C=O) groups excluding carboxylic acids is 1. The SMILES string of the molecule is CC(NC(=O)c1cc([N+](=O)[O-])ccc1N1CCCCC1)C12CC3CC(CC(C3)C1)C2. The number of piperidine rings is 1. The van der Waals surface area contributed by atoms with Gasteiger partial charge in [0.15, 0.2) is 0 Å². The number of amides is 1. The van der Waals surface area contributed by atoms with E-state index in [2.05, 4.69) is 17.1 Å². The van der Waals surface area contributed by atoms with Gasteiger partial charge in [0.05, 0.1) is 16.2 Å². The Morgan fingerprint density at radius 1 is 1.10 bits per heavy atom. The van der Waals surface area contributed by atoms with Gasteiger partial charge in [-0.2, -0.15) is 0 Å². The zero-order chi connectivity index (χ0) is 20.9. The van der Waals surface area contributed by atoms with Crippen LogP contribution in [0.1, 0.15) is 75.1 Å². The van der Waals surface area contributed by atoms with E-state index in [9.17, 15) is 14.9 Å². The Morgan fingerprint density at radius 3 is 2.27 bits per heavy atom. The third kappa shape index (κ3) is 3.48. The van der Waals surface area contributed by atoms with Gasteiger partial charge in [0.25, 0.3) is 11.6 Å². The summed E-state index contributed by atoms with van der Waals surface area (Å²) in [6.07, 6.45) is 11.2. The van der Waals surface area contributed by atoms with Gasteiger partial charge in [0, 0.05) is 31.3 Å². The van der Waals surface area contributed by atoms with E-state index in [4.69, 9.17) is 0 Å². The lowest BCUT2D eigenvalue weighted by Gasteiger charge is -2.59. The van der Waals surface area contributed by atoms with Crippen LogP contribution in [-0.4, -0.2) is 30.0 Å². The van der Waals surface area contributed by atoms with Crippen LogP contribution in [-0.2, 0) is 0 Å². The van der Waals surface area contributed by atoms with E-state index in [-0.39, 0.29) is 23.1 Å². The zero-order valence-electron chi connectivity index (χ0n) is 17.9. The van der Waals surface area contributed by atoms with Gasteiger partial charge in [-0.05, 0) is 93.9 Å². The monoisotopic (exact) mass is 411 g/mol. The number of hydrogen-bond acceptors (Lipinski definition) is 4. The van der Waals surface area contributed by atoms with Crippen molar-refractivity contribution in [3.05, 3.63) is 33.9 Å². The minimum atomic E-state index is -0.403. The number of anilines is 1. The van der Waals surface area contributed by atoms with Gasteiger partial charge < -0.3 is 10.2 Å². The van der Waals surface area contributed by atoms with E-state index in [1.165, 1.54) is 57.1 Å². The summed E-state index contributed by atoms with van der Waals surface area (Å²) < 4.78 is 0. The van der Waals surface area contributed by atoms with E-state index in [0.29, 0.717) is 5.56 Å². The molecule has 4 bridgehead atoms. The molecule has 4 aliphatic carbocycles. The maximum Gasteiger partial charge on any atom is 0.270 e. The number of nitrogens with zero attached hydrogens (tertiary/aromatic N) is 2. The van der Waals surface area contributed by atoms with Crippen LogP contribution >= 0.6 is 0 Å². The lowest BCUT2D eigenvalue weighted by molar-refractivity contribution is -0.384. The molecule has 5 aliphatic rings. The third-order valence-corrected chi connectivity index (χ3v) is 8.48. The lowest BCUT2D eigenvalue weighted by atomic mass is 9.48. The van der Waals surface area contributed by atoms with Crippen molar-refractivity contribution in [3.63, 3.8) is 0 Å². The van der Waals surface area contributed by atoms with Crippen molar-refractivity contribution < 1.29 is 9.72 Å². The van der Waals surface area contributed by atoms with Crippen LogP contribution in [0.3, 0.4) is 0 Å². The van der Waals surface area contributed by atoms with Crippen LogP contribution in [0.15, 0.2) is 18.2 Å². The van der Waals surface area contributed by atoms with Gasteiger partial charge in [-0.1, -0.05) is 0 Å². The fourth-order valence-electron chi connectivity index (χ4n) is 7.37. The quantitative estimate of drug-likeness (QED) is 0.551. The molecule has 1 heterocycles. The molecule has 0 radical (unpaired) electrons. The van der Waals surface area contributed by atoms with Crippen molar-refractivity contribution in [3.8, 4) is 0 Å². The summed E-state index contributed by atoms with van der Waals surface area (Å²) in [5.41, 5.74) is 1.51. The van der Waals surface area contributed by atoms with Gasteiger partial charge in [0.2, 0.25) is 0 Å². The van der Waals surface area contributed by atoms with E-state index < -0.39 is 4.92 Å². The van der Waals surface area contributed by atoms with Gasteiger partial charge in [-0.3, -0.25) is 14.9 Å². The Balaban J connectivity index is 1.39. The first-order chi connectivity index (χ1) is 14.4. The summed E-state index contributed by atoms with van der Waals surface area (Å²) in [5, 5.41) is 14.7. The lowest BCUT2D eigenvalue weighted by Crippen LogP contribution is -2.55. The topological polar surface area (TPSA) is 75.5 Å². The molecule has 1 atom stereocenters. The number of rotatable bonds is 5. The number of nitrogens with one attached hydrogen (secondary N) is 1. The summed E-state index contributed by atoms with van der Waals surface area (Å²) in [6, 6.07) is 4.88. The fourth-order valence-corrected chi connectivity index (χ4v) is 7.37. The maximum atomic E-state index is 13.4. The van der Waals surface area contributed by atoms with Crippen molar-refractivity contribution >= 4 is 17.3 Å². The predicted molar refractivity (Wildman–Crippen MR) is 117 cm³/mol. The molecular formula is C24H33N3O3. The Hall–Kier alpha value is -2.11. The van der Waals surface area contributed by atoms with Crippen LogP contribution in [0.2, 0.25) is 0 Å². The molecule has 6 heteroatoms. The molecule has 1 saturated heterocycles. The van der Waals surface area contributed by atoms with E-state index in [1.54, 1.807) is 6.07 Å². The average molecular weight is 412 g/mol. The molecule has 4 saturated carbocycles. The van der Waals surface area contributed by atoms with Crippen LogP contribution < -0.4 is 10.2 Å². The first-order valence-electron chi connectivity index (χ1n) is 11.8. The molecule has 6 nitrogen and oxygen atoms in total. The second-order valence-corrected chi connectivity index (χ2v) is 10.5. The molecule has 1 aliphatic heterocycles. The summed E-state index contributed by atoms with van der Waals surface area (Å²) in [5.74, 6) is 2.34. The average Bonchev–Trinajstić information content (AvgIpc) is 2.73. The highest BCUT2D eigenvalue weighted by Crippen LogP contribution is 2.61. The van der Waals surface area contributed by atoms with E-state index in [0.717, 1.165) is 49.4 Å². The molecule has 1 aromatic carbocycles. The van der Waals surface area contributed by atoms with Crippen molar-refractivity contribution in [2.45, 2.75) is 70.8 Å². The molecule has 1 aromatic rings. The van der Waals surface area contributed by atoms with Crippen molar-refractivity contribution in [2.75, 3.05) is 18.0 Å². The van der Waals surface area contributed by atoms with Gasteiger partial charge in [-0.15, -0.1) is 0 Å². The van der Waals surface area contributed by atoms with Gasteiger partial charge >= 0.3 is 0 Å². The smallest absolute Gasteiger partial charge is 0.270 e. The molecule has 1 unspecified atom stereocenters. The Morgan fingerprint density at radius 2 is 1.70 bits per heavy atom. The minimum absolute atomic E-state index is 0.0108. The largest absolute Gasteiger partial charge is 0.371 e. The normalized spacial score (nSPS) is 33.4. The van der Waals surface area contributed by atoms with Gasteiger partial charge in [0.1, 0.15) is 0 Å². The molecule has 5 fully saturated rings. The molecule has 162 valence electrons. The molecule has 6 rings (SSSR count). The van der Waals surface area contributed by atoms with Crippen molar-refractivity contribution in [1.82, 2.24) is 5.32 Å². The molecule has 0 aromatic heterocycles. The van der Waals surface area contributed by atoms with Crippen LogP contribution in [0.25, 0.3) is 0 Å². The fraction of sp³-hybridized carbons (Fsp3) is 0.708. The van der Waals surface area contributed by atoms with Crippen LogP contribution in [0.5, 0.6) is 0 Å². The number of benzene rings is 1.